The summed E-state index contributed by atoms with van der Waals surface area (Å²) in [6.07, 6.45) is 0.602. The highest BCUT2D eigenvalue weighted by molar-refractivity contribution is 6.61. The van der Waals surface area contributed by atoms with Crippen LogP contribution in [0.5, 0.6) is 0 Å². The Morgan fingerprint density at radius 3 is 0.877 bits per heavy atom. The van der Waals surface area contributed by atoms with E-state index in [1.807, 2.05) is 6.92 Å². The zero-order valence-corrected chi connectivity index (χ0v) is 38.8. The molecule has 0 atom stereocenters. The van der Waals surface area contributed by atoms with Gasteiger partial charge in [0.15, 0.2) is 0 Å². The Labute approximate surface area is 342 Å². The summed E-state index contributed by atoms with van der Waals surface area (Å²) >= 11 is 0. The van der Waals surface area contributed by atoms with Crippen LogP contribution >= 0.6 is 0 Å². The van der Waals surface area contributed by atoms with Gasteiger partial charge in [-0.3, -0.25) is 0 Å². The lowest BCUT2D eigenvalue weighted by Gasteiger charge is -2.32. The molecule has 57 heavy (non-hydrogen) atoms. The minimum absolute atomic E-state index is 0.0172. The van der Waals surface area contributed by atoms with Gasteiger partial charge >= 0.3 is 44.7 Å². The SMILES string of the molecule is CCC(COCCOC(=O)NCCC[Si](OC)(OC)OC)(COCCOC(=O)NCCC[Si](OC)(OC)OC)COCCOC(=O)NCCC[Si](OC)(OC)OC. The molecular weight excluding hydrogens is 811 g/mol. The Morgan fingerprint density at radius 2 is 0.667 bits per heavy atom. The zero-order valence-electron chi connectivity index (χ0n) is 35.8. The van der Waals surface area contributed by atoms with Crippen LogP contribution in [0.25, 0.3) is 0 Å². The highest BCUT2D eigenvalue weighted by Gasteiger charge is 2.38. The average molecular weight is 882 g/mol. The number of nitrogens with one attached hydrogen (secondary N) is 3. The number of amides is 3. The van der Waals surface area contributed by atoms with E-state index in [1.165, 1.54) is 64.0 Å². The van der Waals surface area contributed by atoms with Crippen molar-refractivity contribution < 1.29 is 82.6 Å². The lowest BCUT2D eigenvalue weighted by Crippen LogP contribution is -2.43. The molecular formula is C33H71N3O18Si3. The van der Waals surface area contributed by atoms with Crippen LogP contribution in [0.4, 0.5) is 14.4 Å². The third kappa shape index (κ3) is 23.4. The maximum Gasteiger partial charge on any atom is 0.500 e. The molecule has 3 amide bonds. The van der Waals surface area contributed by atoms with Crippen LogP contribution in [0.1, 0.15) is 32.6 Å². The molecule has 0 fully saturated rings. The molecule has 0 aliphatic heterocycles. The molecule has 0 unspecified atom stereocenters. The van der Waals surface area contributed by atoms with E-state index in [-0.39, 0.29) is 59.5 Å². The number of alkyl carbamates (subject to hydrolysis) is 3. The Hall–Kier alpha value is -2.02. The molecule has 3 N–H and O–H groups in total. The standard InChI is InChI=1S/C33H71N3O18Si3/c1-11-33(27-49-18-21-52-30(37)34-15-12-24-55(40-2,41-3)42-4,28-50-19-22-53-31(38)35-16-13-25-56(43-5,44-6)45-7)29-51-20-23-54-32(39)36-17-14-26-57(46-8,47-9)48-10/h11-29H2,1-10H3,(H,34,37)(H,35,38)(H,36,39). The van der Waals surface area contributed by atoms with Gasteiger partial charge in [-0.1, -0.05) is 6.92 Å². The second kappa shape index (κ2) is 32.8. The molecule has 0 rings (SSSR count). The summed E-state index contributed by atoms with van der Waals surface area (Å²) in [5.74, 6) is 0. The zero-order chi connectivity index (χ0) is 42.9. The van der Waals surface area contributed by atoms with Crippen molar-refractivity contribution in [1.29, 1.82) is 0 Å². The Balaban J connectivity index is 4.87. The molecule has 24 heteroatoms. The largest absolute Gasteiger partial charge is 0.500 e. The lowest BCUT2D eigenvalue weighted by molar-refractivity contribution is -0.0825. The van der Waals surface area contributed by atoms with Gasteiger partial charge in [0.05, 0.1) is 39.6 Å². The molecule has 0 radical (unpaired) electrons. The van der Waals surface area contributed by atoms with E-state index in [2.05, 4.69) is 16.0 Å². The topological polar surface area (TPSA) is 226 Å². The van der Waals surface area contributed by atoms with Crippen molar-refractivity contribution in [3.05, 3.63) is 0 Å². The molecule has 0 aromatic heterocycles. The molecule has 0 saturated carbocycles. The molecule has 0 aliphatic rings. The molecule has 0 aliphatic carbocycles. The summed E-state index contributed by atoms with van der Waals surface area (Å²) in [6.45, 7) is 4.08. The third-order valence-electron chi connectivity index (χ3n) is 8.94. The lowest BCUT2D eigenvalue weighted by atomic mass is 9.88. The number of rotatable bonds is 37. The van der Waals surface area contributed by atoms with Gasteiger partial charge in [0.1, 0.15) is 19.8 Å². The Kier molecular flexibility index (Phi) is 31.6. The van der Waals surface area contributed by atoms with Crippen molar-refractivity contribution in [2.24, 2.45) is 5.41 Å². The molecule has 0 aromatic rings. The fourth-order valence-electron chi connectivity index (χ4n) is 5.18. The quantitative estimate of drug-likeness (QED) is 0.0463. The average Bonchev–Trinajstić information content (AvgIpc) is 3.24. The molecule has 0 aromatic carbocycles. The monoisotopic (exact) mass is 881 g/mol. The van der Waals surface area contributed by atoms with E-state index in [4.69, 9.17) is 68.3 Å². The van der Waals surface area contributed by atoms with E-state index >= 15 is 0 Å². The Bertz CT molecular complexity index is 899. The highest BCUT2D eigenvalue weighted by Crippen LogP contribution is 2.24. The minimum atomic E-state index is -2.72. The van der Waals surface area contributed by atoms with Crippen molar-refractivity contribution in [2.75, 3.05) is 143 Å². The van der Waals surface area contributed by atoms with Crippen LogP contribution in [0, 0.1) is 5.41 Å². The fraction of sp³-hybridized carbons (Fsp3) is 0.909. The second-order valence-electron chi connectivity index (χ2n) is 12.4. The number of hydrogen-bond acceptors (Lipinski definition) is 18. The maximum atomic E-state index is 12.2. The van der Waals surface area contributed by atoms with Gasteiger partial charge < -0.3 is 84.2 Å². The summed E-state index contributed by atoms with van der Waals surface area (Å²) in [5.41, 5.74) is -0.617. The second-order valence-corrected chi connectivity index (χ2v) is 21.7. The maximum absolute atomic E-state index is 12.2. The molecule has 338 valence electrons. The van der Waals surface area contributed by atoms with Gasteiger partial charge in [-0.25, -0.2) is 14.4 Å². The molecule has 0 spiro atoms. The van der Waals surface area contributed by atoms with Crippen LogP contribution in [0.2, 0.25) is 18.1 Å². The Morgan fingerprint density at radius 1 is 0.421 bits per heavy atom. The van der Waals surface area contributed by atoms with Crippen molar-refractivity contribution in [1.82, 2.24) is 16.0 Å². The van der Waals surface area contributed by atoms with E-state index < -0.39 is 50.1 Å². The molecule has 0 saturated heterocycles. The van der Waals surface area contributed by atoms with Crippen LogP contribution in [0.15, 0.2) is 0 Å². The van der Waals surface area contributed by atoms with E-state index in [0.717, 1.165) is 0 Å². The number of ether oxygens (including phenoxy) is 6. The first-order valence-electron chi connectivity index (χ1n) is 18.8. The number of carbonyl (C=O) groups is 3. The summed E-state index contributed by atoms with van der Waals surface area (Å²) in [6, 6.07) is 1.60. The summed E-state index contributed by atoms with van der Waals surface area (Å²) < 4.78 is 81.9. The first-order chi connectivity index (χ1) is 27.4. The van der Waals surface area contributed by atoms with Gasteiger partial charge in [0.25, 0.3) is 0 Å². The summed E-state index contributed by atoms with van der Waals surface area (Å²) in [4.78, 5) is 36.5. The normalized spacial score (nSPS) is 12.3. The van der Waals surface area contributed by atoms with E-state index in [1.54, 1.807) is 0 Å². The molecule has 0 heterocycles. The smallest absolute Gasteiger partial charge is 0.447 e. The van der Waals surface area contributed by atoms with Gasteiger partial charge in [0, 0.05) is 107 Å². The first-order valence-corrected chi connectivity index (χ1v) is 24.6. The van der Waals surface area contributed by atoms with Gasteiger partial charge in [-0.15, -0.1) is 0 Å². The van der Waals surface area contributed by atoms with Crippen LogP contribution < -0.4 is 16.0 Å². The van der Waals surface area contributed by atoms with Crippen molar-refractivity contribution in [3.8, 4) is 0 Å². The van der Waals surface area contributed by atoms with Crippen LogP contribution in [0.3, 0.4) is 0 Å². The third-order valence-corrected chi connectivity index (χ3v) is 17.4. The summed E-state index contributed by atoms with van der Waals surface area (Å²) in [5, 5.41) is 8.06. The fourth-order valence-corrected chi connectivity index (χ4v) is 10.4. The van der Waals surface area contributed by atoms with Crippen LogP contribution in [-0.4, -0.2) is 188 Å². The highest BCUT2D eigenvalue weighted by atomic mass is 28.4. The van der Waals surface area contributed by atoms with Crippen LogP contribution in [-0.2, 0) is 68.3 Å². The predicted molar refractivity (Wildman–Crippen MR) is 212 cm³/mol. The molecule has 21 nitrogen and oxygen atoms in total. The molecule has 0 bridgehead atoms. The summed E-state index contributed by atoms with van der Waals surface area (Å²) in [7, 11) is 5.65. The number of carbonyl (C=O) groups excluding carboxylic acids is 3. The van der Waals surface area contributed by atoms with Crippen molar-refractivity contribution in [2.45, 2.75) is 50.7 Å². The van der Waals surface area contributed by atoms with Gasteiger partial charge in [-0.2, -0.15) is 0 Å². The van der Waals surface area contributed by atoms with E-state index in [0.29, 0.717) is 63.4 Å². The van der Waals surface area contributed by atoms with E-state index in [9.17, 15) is 14.4 Å². The van der Waals surface area contributed by atoms with Crippen molar-refractivity contribution >= 4 is 44.7 Å². The first kappa shape index (κ1) is 55.0. The number of hydrogen-bond donors (Lipinski definition) is 3. The van der Waals surface area contributed by atoms with Gasteiger partial charge in [-0.05, 0) is 25.7 Å². The van der Waals surface area contributed by atoms with Gasteiger partial charge in [0.2, 0.25) is 0 Å². The van der Waals surface area contributed by atoms with Crippen molar-refractivity contribution in [3.63, 3.8) is 0 Å². The minimum Gasteiger partial charge on any atom is -0.447 e. The predicted octanol–water partition coefficient (Wildman–Crippen LogP) is 2.42.